The van der Waals surface area contributed by atoms with Crippen molar-refractivity contribution in [1.82, 2.24) is 0 Å². The predicted molar refractivity (Wildman–Crippen MR) is 58.2 cm³/mol. The number of ketones is 1. The molecular formula is C12H17NO. The first kappa shape index (κ1) is 10.9. The van der Waals surface area contributed by atoms with E-state index in [0.717, 1.165) is 18.4 Å². The molecule has 1 atom stereocenters. The van der Waals surface area contributed by atoms with Crippen molar-refractivity contribution in [3.8, 4) is 0 Å². The van der Waals surface area contributed by atoms with E-state index in [9.17, 15) is 4.79 Å². The lowest BCUT2D eigenvalue weighted by molar-refractivity contribution is 0.0923. The molecule has 0 aliphatic heterocycles. The van der Waals surface area contributed by atoms with E-state index in [-0.39, 0.29) is 11.7 Å². The molecule has 1 rings (SSSR count). The minimum atomic E-state index is 0.0842. The van der Waals surface area contributed by atoms with Gasteiger partial charge >= 0.3 is 0 Å². The molecule has 76 valence electrons. The minimum absolute atomic E-state index is 0.0842. The van der Waals surface area contributed by atoms with Crippen molar-refractivity contribution >= 4 is 5.78 Å². The third-order valence-electron chi connectivity index (χ3n) is 2.35. The van der Waals surface area contributed by atoms with Gasteiger partial charge in [-0.3, -0.25) is 4.79 Å². The molecule has 0 saturated carbocycles. The number of nitrogens with two attached hydrogens (primary N) is 1. The SMILES string of the molecule is CC(CCCN)C(=O)c1ccccc1. The van der Waals surface area contributed by atoms with Crippen LogP contribution in [0.5, 0.6) is 0 Å². The average molecular weight is 191 g/mol. The summed E-state index contributed by atoms with van der Waals surface area (Å²) in [6.07, 6.45) is 1.80. The van der Waals surface area contributed by atoms with Crippen LogP contribution < -0.4 is 5.73 Å². The van der Waals surface area contributed by atoms with Crippen LogP contribution >= 0.6 is 0 Å². The van der Waals surface area contributed by atoms with Crippen LogP contribution in [0.3, 0.4) is 0 Å². The first-order chi connectivity index (χ1) is 6.75. The van der Waals surface area contributed by atoms with Crippen molar-refractivity contribution in [2.45, 2.75) is 19.8 Å². The molecule has 0 aliphatic rings. The van der Waals surface area contributed by atoms with E-state index >= 15 is 0 Å². The van der Waals surface area contributed by atoms with Gasteiger partial charge in [-0.25, -0.2) is 0 Å². The highest BCUT2D eigenvalue weighted by molar-refractivity contribution is 5.97. The second-order valence-electron chi connectivity index (χ2n) is 3.56. The van der Waals surface area contributed by atoms with Crippen LogP contribution in [0.25, 0.3) is 0 Å². The molecule has 0 saturated heterocycles. The third-order valence-corrected chi connectivity index (χ3v) is 2.35. The molecule has 14 heavy (non-hydrogen) atoms. The largest absolute Gasteiger partial charge is 0.330 e. The number of rotatable bonds is 5. The molecule has 0 amide bonds. The summed E-state index contributed by atoms with van der Waals surface area (Å²) in [6.45, 7) is 2.62. The fourth-order valence-electron chi connectivity index (χ4n) is 1.44. The average Bonchev–Trinajstić information content (AvgIpc) is 2.26. The van der Waals surface area contributed by atoms with Gasteiger partial charge in [-0.15, -0.1) is 0 Å². The number of carbonyl (C=O) groups is 1. The number of hydrogen-bond donors (Lipinski definition) is 1. The summed E-state index contributed by atoms with van der Waals surface area (Å²) in [6, 6.07) is 9.43. The van der Waals surface area contributed by atoms with E-state index < -0.39 is 0 Å². The molecule has 0 heterocycles. The maximum Gasteiger partial charge on any atom is 0.165 e. The lowest BCUT2D eigenvalue weighted by Gasteiger charge is -2.09. The normalized spacial score (nSPS) is 12.4. The van der Waals surface area contributed by atoms with Crippen LogP contribution in [0.15, 0.2) is 30.3 Å². The monoisotopic (exact) mass is 191 g/mol. The molecule has 0 aromatic heterocycles. The Morgan fingerprint density at radius 1 is 1.36 bits per heavy atom. The fourth-order valence-corrected chi connectivity index (χ4v) is 1.44. The Hall–Kier alpha value is -1.15. The number of benzene rings is 1. The second-order valence-corrected chi connectivity index (χ2v) is 3.56. The zero-order valence-electron chi connectivity index (χ0n) is 8.57. The van der Waals surface area contributed by atoms with E-state index in [1.165, 1.54) is 0 Å². The van der Waals surface area contributed by atoms with Gasteiger partial charge in [-0.2, -0.15) is 0 Å². The van der Waals surface area contributed by atoms with E-state index in [0.29, 0.717) is 6.54 Å². The Bertz CT molecular complexity index is 282. The quantitative estimate of drug-likeness (QED) is 0.725. The summed E-state index contributed by atoms with van der Waals surface area (Å²) in [5.74, 6) is 0.306. The first-order valence-electron chi connectivity index (χ1n) is 5.05. The van der Waals surface area contributed by atoms with Gasteiger partial charge in [0.15, 0.2) is 5.78 Å². The highest BCUT2D eigenvalue weighted by atomic mass is 16.1. The van der Waals surface area contributed by atoms with Gasteiger partial charge in [0.1, 0.15) is 0 Å². The van der Waals surface area contributed by atoms with Crippen molar-refractivity contribution < 1.29 is 4.79 Å². The van der Waals surface area contributed by atoms with Crippen LogP contribution in [-0.2, 0) is 0 Å². The van der Waals surface area contributed by atoms with Crippen LogP contribution in [0, 0.1) is 5.92 Å². The molecule has 0 spiro atoms. The van der Waals surface area contributed by atoms with Crippen molar-refractivity contribution in [2.24, 2.45) is 11.7 Å². The highest BCUT2D eigenvalue weighted by Gasteiger charge is 2.13. The molecule has 2 N–H and O–H groups in total. The molecular weight excluding hydrogens is 174 g/mol. The lowest BCUT2D eigenvalue weighted by atomic mass is 9.95. The van der Waals surface area contributed by atoms with E-state index in [1.54, 1.807) is 0 Å². The Labute approximate surface area is 85.1 Å². The lowest BCUT2D eigenvalue weighted by Crippen LogP contribution is -2.13. The smallest absolute Gasteiger partial charge is 0.165 e. The number of Topliss-reactive ketones (excluding diaryl/α,β-unsaturated/α-hetero) is 1. The van der Waals surface area contributed by atoms with Gasteiger partial charge in [0.2, 0.25) is 0 Å². The first-order valence-corrected chi connectivity index (χ1v) is 5.05. The van der Waals surface area contributed by atoms with Gasteiger partial charge < -0.3 is 5.73 Å². The molecule has 0 aliphatic carbocycles. The van der Waals surface area contributed by atoms with Crippen molar-refractivity contribution in [2.75, 3.05) is 6.54 Å². The van der Waals surface area contributed by atoms with Crippen LogP contribution in [-0.4, -0.2) is 12.3 Å². The number of hydrogen-bond acceptors (Lipinski definition) is 2. The molecule has 1 aromatic rings. The molecule has 0 radical (unpaired) electrons. The van der Waals surface area contributed by atoms with Gasteiger partial charge in [0.25, 0.3) is 0 Å². The standard InChI is InChI=1S/C12H17NO/c1-10(6-5-9-13)12(14)11-7-3-2-4-8-11/h2-4,7-8,10H,5-6,9,13H2,1H3. The van der Waals surface area contributed by atoms with Gasteiger partial charge in [-0.1, -0.05) is 37.3 Å². The van der Waals surface area contributed by atoms with E-state index in [2.05, 4.69) is 0 Å². The van der Waals surface area contributed by atoms with Crippen LogP contribution in [0.4, 0.5) is 0 Å². The Morgan fingerprint density at radius 3 is 2.57 bits per heavy atom. The fraction of sp³-hybridized carbons (Fsp3) is 0.417. The molecule has 1 aromatic carbocycles. The van der Waals surface area contributed by atoms with Crippen LogP contribution in [0.1, 0.15) is 30.1 Å². The van der Waals surface area contributed by atoms with Gasteiger partial charge in [-0.05, 0) is 19.4 Å². The summed E-state index contributed by atoms with van der Waals surface area (Å²) in [4.78, 5) is 11.8. The summed E-state index contributed by atoms with van der Waals surface area (Å²) in [5.41, 5.74) is 6.21. The summed E-state index contributed by atoms with van der Waals surface area (Å²) in [7, 11) is 0. The minimum Gasteiger partial charge on any atom is -0.330 e. The molecule has 2 nitrogen and oxygen atoms in total. The van der Waals surface area contributed by atoms with Gasteiger partial charge in [0.05, 0.1) is 0 Å². The maximum atomic E-state index is 11.8. The van der Waals surface area contributed by atoms with E-state index in [1.807, 2.05) is 37.3 Å². The van der Waals surface area contributed by atoms with E-state index in [4.69, 9.17) is 5.73 Å². The number of carbonyl (C=O) groups excluding carboxylic acids is 1. The molecule has 0 bridgehead atoms. The third kappa shape index (κ3) is 2.96. The predicted octanol–water partition coefficient (Wildman–Crippen LogP) is 2.24. The Morgan fingerprint density at radius 2 is 2.00 bits per heavy atom. The Balaban J connectivity index is 2.57. The van der Waals surface area contributed by atoms with Crippen molar-refractivity contribution in [3.63, 3.8) is 0 Å². The summed E-state index contributed by atoms with van der Waals surface area (Å²) < 4.78 is 0. The topological polar surface area (TPSA) is 43.1 Å². The second kappa shape index (κ2) is 5.55. The van der Waals surface area contributed by atoms with Crippen molar-refractivity contribution in [1.29, 1.82) is 0 Å². The highest BCUT2D eigenvalue weighted by Crippen LogP contribution is 2.12. The van der Waals surface area contributed by atoms with Crippen LogP contribution in [0.2, 0.25) is 0 Å². The van der Waals surface area contributed by atoms with Crippen molar-refractivity contribution in [3.05, 3.63) is 35.9 Å². The maximum absolute atomic E-state index is 11.8. The Kier molecular flexibility index (Phi) is 4.33. The summed E-state index contributed by atoms with van der Waals surface area (Å²) >= 11 is 0. The van der Waals surface area contributed by atoms with Gasteiger partial charge in [0, 0.05) is 11.5 Å². The summed E-state index contributed by atoms with van der Waals surface area (Å²) in [5, 5.41) is 0. The molecule has 2 heteroatoms. The molecule has 1 unspecified atom stereocenters. The zero-order valence-corrected chi connectivity index (χ0v) is 8.57. The molecule has 0 fully saturated rings. The zero-order chi connectivity index (χ0) is 10.4.